The smallest absolute Gasteiger partial charge is 0.246 e. The Morgan fingerprint density at radius 3 is 2.88 bits per heavy atom. The maximum Gasteiger partial charge on any atom is 0.246 e. The number of aryl methyl sites for hydroxylation is 1. The number of benzene rings is 1. The molecule has 1 saturated heterocycles. The second-order valence-corrected chi connectivity index (χ2v) is 5.85. The summed E-state index contributed by atoms with van der Waals surface area (Å²) in [6.45, 7) is 3.45. The number of amides is 1. The molecule has 2 heterocycles. The maximum atomic E-state index is 12.4. The third-order valence-corrected chi connectivity index (χ3v) is 3.92. The molecule has 1 amide bonds. The van der Waals surface area contributed by atoms with Crippen molar-refractivity contribution in [2.75, 3.05) is 25.4 Å². The van der Waals surface area contributed by atoms with Crippen LogP contribution in [0.25, 0.3) is 6.08 Å². The van der Waals surface area contributed by atoms with Crippen LogP contribution in [0.4, 0.5) is 5.69 Å². The fourth-order valence-corrected chi connectivity index (χ4v) is 2.75. The third kappa shape index (κ3) is 4.00. The standard InChI is InChI=1S/C19H21N3O2/c1-14-11-16(20)12-17(21-14)18-13-22(9-10-24-18)19(23)8-7-15-5-3-2-4-6-15/h2-8,11-12,18H,9-10,13H2,1H3,(H2,20,21)/b8-7+/t18-/m0/s1. The average Bonchev–Trinajstić information content (AvgIpc) is 2.60. The molecular weight excluding hydrogens is 302 g/mol. The lowest BCUT2D eigenvalue weighted by Crippen LogP contribution is -2.41. The fraction of sp³-hybridized carbons (Fsp3) is 0.263. The molecule has 1 fully saturated rings. The van der Waals surface area contributed by atoms with Crippen molar-refractivity contribution in [3.05, 3.63) is 65.5 Å². The molecule has 0 saturated carbocycles. The van der Waals surface area contributed by atoms with Crippen LogP contribution in [0.1, 0.15) is 23.1 Å². The molecule has 2 N–H and O–H groups in total. The minimum Gasteiger partial charge on any atom is -0.399 e. The Kier molecular flexibility index (Phi) is 4.91. The predicted molar refractivity (Wildman–Crippen MR) is 94.1 cm³/mol. The average molecular weight is 323 g/mol. The normalized spacial score (nSPS) is 18.0. The molecular formula is C19H21N3O2. The van der Waals surface area contributed by atoms with Crippen LogP contribution in [0, 0.1) is 6.92 Å². The summed E-state index contributed by atoms with van der Waals surface area (Å²) in [5, 5.41) is 0. The Morgan fingerprint density at radius 2 is 2.12 bits per heavy atom. The van der Waals surface area contributed by atoms with Crippen LogP contribution in [0.5, 0.6) is 0 Å². The van der Waals surface area contributed by atoms with Crippen LogP contribution >= 0.6 is 0 Å². The number of carbonyl (C=O) groups excluding carboxylic acids is 1. The van der Waals surface area contributed by atoms with E-state index in [0.717, 1.165) is 17.0 Å². The number of hydrogen-bond acceptors (Lipinski definition) is 4. The highest BCUT2D eigenvalue weighted by atomic mass is 16.5. The number of rotatable bonds is 3. The number of nitrogens with zero attached hydrogens (tertiary/aromatic N) is 2. The van der Waals surface area contributed by atoms with Gasteiger partial charge in [-0.2, -0.15) is 0 Å². The lowest BCUT2D eigenvalue weighted by molar-refractivity contribution is -0.133. The van der Waals surface area contributed by atoms with E-state index in [1.54, 1.807) is 11.0 Å². The van der Waals surface area contributed by atoms with Crippen LogP contribution in [0.2, 0.25) is 0 Å². The van der Waals surface area contributed by atoms with Crippen molar-refractivity contribution in [2.24, 2.45) is 0 Å². The van der Waals surface area contributed by atoms with Crippen LogP contribution < -0.4 is 5.73 Å². The van der Waals surface area contributed by atoms with Gasteiger partial charge in [0.1, 0.15) is 6.10 Å². The van der Waals surface area contributed by atoms with Gasteiger partial charge < -0.3 is 15.4 Å². The quantitative estimate of drug-likeness (QED) is 0.882. The first-order valence-electron chi connectivity index (χ1n) is 7.99. The van der Waals surface area contributed by atoms with E-state index in [1.165, 1.54) is 0 Å². The summed E-state index contributed by atoms with van der Waals surface area (Å²) in [6.07, 6.45) is 3.20. The summed E-state index contributed by atoms with van der Waals surface area (Å²) in [5.41, 5.74) is 9.17. The van der Waals surface area contributed by atoms with Gasteiger partial charge in [0.2, 0.25) is 5.91 Å². The molecule has 1 aromatic carbocycles. The summed E-state index contributed by atoms with van der Waals surface area (Å²) >= 11 is 0. The van der Waals surface area contributed by atoms with Crippen LogP contribution in [0.15, 0.2) is 48.5 Å². The first kappa shape index (κ1) is 16.2. The molecule has 5 heteroatoms. The van der Waals surface area contributed by atoms with Crippen LogP contribution in [0.3, 0.4) is 0 Å². The zero-order valence-electron chi connectivity index (χ0n) is 13.7. The molecule has 1 aromatic heterocycles. The van der Waals surface area contributed by atoms with Gasteiger partial charge in [-0.1, -0.05) is 30.3 Å². The predicted octanol–water partition coefficient (Wildman–Crippen LogP) is 2.59. The van der Waals surface area contributed by atoms with Crippen LogP contribution in [-0.4, -0.2) is 35.5 Å². The number of nitrogens with two attached hydrogens (primary N) is 1. The van der Waals surface area contributed by atoms with E-state index >= 15 is 0 Å². The van der Waals surface area contributed by atoms with Gasteiger partial charge in [-0.15, -0.1) is 0 Å². The van der Waals surface area contributed by atoms with E-state index in [1.807, 2.05) is 55.5 Å². The number of morpholine rings is 1. The molecule has 0 bridgehead atoms. The molecule has 124 valence electrons. The van der Waals surface area contributed by atoms with E-state index in [4.69, 9.17) is 10.5 Å². The van der Waals surface area contributed by atoms with Gasteiger partial charge in [-0.3, -0.25) is 9.78 Å². The number of aromatic nitrogens is 1. The SMILES string of the molecule is Cc1cc(N)cc([C@@H]2CN(C(=O)/C=C/c3ccccc3)CCO2)n1. The molecule has 3 rings (SSSR count). The van der Waals surface area contributed by atoms with Gasteiger partial charge in [0.25, 0.3) is 0 Å². The zero-order chi connectivity index (χ0) is 16.9. The molecule has 0 aliphatic carbocycles. The fourth-order valence-electron chi connectivity index (χ4n) is 2.75. The summed E-state index contributed by atoms with van der Waals surface area (Å²) in [6, 6.07) is 13.4. The number of anilines is 1. The Balaban J connectivity index is 1.68. The van der Waals surface area contributed by atoms with Gasteiger partial charge in [-0.25, -0.2) is 0 Å². The number of pyridine rings is 1. The molecule has 24 heavy (non-hydrogen) atoms. The summed E-state index contributed by atoms with van der Waals surface area (Å²) in [4.78, 5) is 18.7. The lowest BCUT2D eigenvalue weighted by atomic mass is 10.1. The molecule has 0 unspecified atom stereocenters. The molecule has 2 aromatic rings. The topological polar surface area (TPSA) is 68.5 Å². The second kappa shape index (κ2) is 7.27. The van der Waals surface area contributed by atoms with Crippen molar-refractivity contribution in [3.63, 3.8) is 0 Å². The minimum absolute atomic E-state index is 0.0206. The van der Waals surface area contributed by atoms with Gasteiger partial charge in [-0.05, 0) is 30.7 Å². The Bertz CT molecular complexity index is 723. The van der Waals surface area contributed by atoms with E-state index in [9.17, 15) is 4.79 Å². The highest BCUT2D eigenvalue weighted by Gasteiger charge is 2.25. The molecule has 1 atom stereocenters. The first-order chi connectivity index (χ1) is 11.6. The highest BCUT2D eigenvalue weighted by Crippen LogP contribution is 2.23. The lowest BCUT2D eigenvalue weighted by Gasteiger charge is -2.32. The first-order valence-corrected chi connectivity index (χ1v) is 7.99. The van der Waals surface area contributed by atoms with Gasteiger partial charge in [0.05, 0.1) is 18.8 Å². The van der Waals surface area contributed by atoms with E-state index in [-0.39, 0.29) is 12.0 Å². The summed E-state index contributed by atoms with van der Waals surface area (Å²) in [5.74, 6) is -0.0206. The van der Waals surface area contributed by atoms with Gasteiger partial charge in [0, 0.05) is 24.0 Å². The van der Waals surface area contributed by atoms with Crippen molar-refractivity contribution in [3.8, 4) is 0 Å². The molecule has 5 nitrogen and oxygen atoms in total. The Labute approximate surface area is 141 Å². The van der Waals surface area contributed by atoms with Crippen molar-refractivity contribution in [1.82, 2.24) is 9.88 Å². The Morgan fingerprint density at radius 1 is 1.33 bits per heavy atom. The minimum atomic E-state index is -0.241. The van der Waals surface area contributed by atoms with E-state index < -0.39 is 0 Å². The van der Waals surface area contributed by atoms with Gasteiger partial charge >= 0.3 is 0 Å². The number of hydrogen-bond donors (Lipinski definition) is 1. The van der Waals surface area contributed by atoms with Crippen LogP contribution in [-0.2, 0) is 9.53 Å². The Hall–Kier alpha value is -2.66. The highest BCUT2D eigenvalue weighted by molar-refractivity contribution is 5.91. The number of carbonyl (C=O) groups is 1. The number of nitrogen functional groups attached to an aromatic ring is 1. The van der Waals surface area contributed by atoms with Crippen molar-refractivity contribution in [2.45, 2.75) is 13.0 Å². The monoisotopic (exact) mass is 323 g/mol. The summed E-state index contributed by atoms with van der Waals surface area (Å²) < 4.78 is 5.78. The second-order valence-electron chi connectivity index (χ2n) is 5.85. The van der Waals surface area contributed by atoms with Gasteiger partial charge in [0.15, 0.2) is 0 Å². The van der Waals surface area contributed by atoms with Crippen molar-refractivity contribution < 1.29 is 9.53 Å². The molecule has 0 radical (unpaired) electrons. The largest absolute Gasteiger partial charge is 0.399 e. The zero-order valence-corrected chi connectivity index (χ0v) is 13.7. The van der Waals surface area contributed by atoms with Crippen molar-refractivity contribution >= 4 is 17.7 Å². The summed E-state index contributed by atoms with van der Waals surface area (Å²) in [7, 11) is 0. The van der Waals surface area contributed by atoms with E-state index in [2.05, 4.69) is 4.98 Å². The maximum absolute atomic E-state index is 12.4. The molecule has 1 aliphatic rings. The molecule has 0 spiro atoms. The molecule has 1 aliphatic heterocycles. The van der Waals surface area contributed by atoms with Crippen molar-refractivity contribution in [1.29, 1.82) is 0 Å². The number of ether oxygens (including phenoxy) is 1. The van der Waals surface area contributed by atoms with E-state index in [0.29, 0.717) is 25.4 Å². The third-order valence-electron chi connectivity index (χ3n) is 3.92.